The quantitative estimate of drug-likeness (QED) is 0.791. The molecule has 0 atom stereocenters. The number of nitrogens with two attached hydrogens (primary N) is 1. The molecule has 2 N–H and O–H groups in total. The minimum Gasteiger partial charge on any atom is -0.397 e. The van der Waals surface area contributed by atoms with Crippen molar-refractivity contribution in [1.82, 2.24) is 4.90 Å². The van der Waals surface area contributed by atoms with E-state index in [1.807, 2.05) is 47.4 Å². The van der Waals surface area contributed by atoms with Gasteiger partial charge in [0.2, 0.25) is 0 Å². The van der Waals surface area contributed by atoms with E-state index in [9.17, 15) is 4.79 Å². The first-order valence-electron chi connectivity index (χ1n) is 7.40. The lowest BCUT2D eigenvalue weighted by Gasteiger charge is -2.37. The first-order chi connectivity index (χ1) is 11.1. The van der Waals surface area contributed by atoms with Crippen molar-refractivity contribution >= 4 is 44.8 Å². The molecule has 6 heteroatoms. The lowest BCUT2D eigenvalue weighted by molar-refractivity contribution is 0.0746. The van der Waals surface area contributed by atoms with Crippen molar-refractivity contribution in [3.8, 4) is 0 Å². The lowest BCUT2D eigenvalue weighted by atomic mass is 10.1. The number of para-hydroxylation sites is 1. The summed E-state index contributed by atoms with van der Waals surface area (Å²) in [5.41, 5.74) is 8.27. The Morgan fingerprint density at radius 2 is 1.74 bits per heavy atom. The molecule has 0 spiro atoms. The van der Waals surface area contributed by atoms with Gasteiger partial charge in [-0.25, -0.2) is 0 Å². The van der Waals surface area contributed by atoms with E-state index in [0.717, 1.165) is 10.2 Å². The molecule has 4 nitrogen and oxygen atoms in total. The molecule has 0 bridgehead atoms. The number of amides is 1. The van der Waals surface area contributed by atoms with Gasteiger partial charge in [-0.05, 0) is 40.2 Å². The molecule has 2 aromatic carbocycles. The van der Waals surface area contributed by atoms with Crippen LogP contribution in [-0.4, -0.2) is 37.0 Å². The zero-order valence-electron chi connectivity index (χ0n) is 12.5. The van der Waals surface area contributed by atoms with Crippen LogP contribution in [0.5, 0.6) is 0 Å². The van der Waals surface area contributed by atoms with Gasteiger partial charge in [-0.15, -0.1) is 0 Å². The molecule has 1 heterocycles. The summed E-state index contributed by atoms with van der Waals surface area (Å²) in [5.74, 6) is 0.0456. The normalized spacial score (nSPS) is 14.9. The van der Waals surface area contributed by atoms with Crippen molar-refractivity contribution in [2.75, 3.05) is 36.8 Å². The summed E-state index contributed by atoms with van der Waals surface area (Å²) < 4.78 is 0.822. The van der Waals surface area contributed by atoms with E-state index < -0.39 is 0 Å². The van der Waals surface area contributed by atoms with E-state index in [2.05, 4.69) is 20.8 Å². The standard InChI is InChI=1S/C17H17BrClN3O/c18-13-5-2-1-4-12(13)17(23)22-10-8-21(9-11-22)16-14(19)6-3-7-15(16)20/h1-7H,8-11,20H2. The van der Waals surface area contributed by atoms with E-state index in [4.69, 9.17) is 17.3 Å². The van der Waals surface area contributed by atoms with Crippen LogP contribution in [0.15, 0.2) is 46.9 Å². The molecule has 1 amide bonds. The minimum absolute atomic E-state index is 0.0456. The second-order valence-electron chi connectivity index (χ2n) is 5.44. The third kappa shape index (κ3) is 3.31. The molecule has 1 fully saturated rings. The van der Waals surface area contributed by atoms with Crippen LogP contribution in [0.1, 0.15) is 10.4 Å². The summed E-state index contributed by atoms with van der Waals surface area (Å²) >= 11 is 9.71. The van der Waals surface area contributed by atoms with Crippen molar-refractivity contribution in [3.63, 3.8) is 0 Å². The van der Waals surface area contributed by atoms with Gasteiger partial charge in [-0.3, -0.25) is 4.79 Å². The molecule has 0 saturated carbocycles. The number of halogens is 2. The predicted octanol–water partition coefficient (Wildman–Crippen LogP) is 3.65. The Kier molecular flexibility index (Phi) is 4.78. The van der Waals surface area contributed by atoms with E-state index in [-0.39, 0.29) is 5.91 Å². The molecule has 0 aliphatic carbocycles. The number of benzene rings is 2. The van der Waals surface area contributed by atoms with E-state index in [1.165, 1.54) is 0 Å². The van der Waals surface area contributed by atoms with Crippen LogP contribution in [0, 0.1) is 0 Å². The monoisotopic (exact) mass is 393 g/mol. The number of nitrogens with zero attached hydrogens (tertiary/aromatic N) is 2. The summed E-state index contributed by atoms with van der Waals surface area (Å²) in [6.45, 7) is 2.71. The molecule has 1 aliphatic heterocycles. The predicted molar refractivity (Wildman–Crippen MR) is 98.1 cm³/mol. The molecule has 1 saturated heterocycles. The van der Waals surface area contributed by atoms with Crippen molar-refractivity contribution < 1.29 is 4.79 Å². The molecule has 2 aromatic rings. The number of piperazine rings is 1. The molecule has 0 unspecified atom stereocenters. The Bertz CT molecular complexity index is 709. The second-order valence-corrected chi connectivity index (χ2v) is 6.70. The Morgan fingerprint density at radius 3 is 2.39 bits per heavy atom. The minimum atomic E-state index is 0.0456. The van der Waals surface area contributed by atoms with Gasteiger partial charge in [0.15, 0.2) is 0 Å². The fraction of sp³-hybridized carbons (Fsp3) is 0.235. The largest absolute Gasteiger partial charge is 0.397 e. The highest BCUT2D eigenvalue weighted by Crippen LogP contribution is 2.32. The Balaban J connectivity index is 1.72. The van der Waals surface area contributed by atoms with Crippen LogP contribution in [0.25, 0.3) is 0 Å². The van der Waals surface area contributed by atoms with Gasteiger partial charge >= 0.3 is 0 Å². The number of carbonyl (C=O) groups excluding carboxylic acids is 1. The summed E-state index contributed by atoms with van der Waals surface area (Å²) in [5, 5.41) is 0.649. The first kappa shape index (κ1) is 16.1. The van der Waals surface area contributed by atoms with Crippen LogP contribution in [0.4, 0.5) is 11.4 Å². The second kappa shape index (κ2) is 6.81. The summed E-state index contributed by atoms with van der Waals surface area (Å²) in [6, 6.07) is 13.0. The Morgan fingerprint density at radius 1 is 1.04 bits per heavy atom. The third-order valence-corrected chi connectivity index (χ3v) is 5.00. The maximum Gasteiger partial charge on any atom is 0.255 e. The highest BCUT2D eigenvalue weighted by molar-refractivity contribution is 9.10. The number of hydrogen-bond donors (Lipinski definition) is 1. The summed E-state index contributed by atoms with van der Waals surface area (Å²) in [4.78, 5) is 16.6. The van der Waals surface area contributed by atoms with E-state index in [1.54, 1.807) is 0 Å². The van der Waals surface area contributed by atoms with Crippen molar-refractivity contribution in [2.24, 2.45) is 0 Å². The van der Waals surface area contributed by atoms with Crippen LogP contribution in [-0.2, 0) is 0 Å². The van der Waals surface area contributed by atoms with Crippen molar-refractivity contribution in [3.05, 3.63) is 57.5 Å². The maximum absolute atomic E-state index is 12.6. The zero-order chi connectivity index (χ0) is 16.4. The van der Waals surface area contributed by atoms with E-state index in [0.29, 0.717) is 42.5 Å². The summed E-state index contributed by atoms with van der Waals surface area (Å²) in [6.07, 6.45) is 0. The van der Waals surface area contributed by atoms with Gasteiger partial charge in [-0.2, -0.15) is 0 Å². The molecular formula is C17H17BrClN3O. The fourth-order valence-electron chi connectivity index (χ4n) is 2.80. The van der Waals surface area contributed by atoms with Gasteiger partial charge < -0.3 is 15.5 Å². The van der Waals surface area contributed by atoms with Gasteiger partial charge in [0.05, 0.1) is 22.0 Å². The molecular weight excluding hydrogens is 378 g/mol. The number of hydrogen-bond acceptors (Lipinski definition) is 3. The highest BCUT2D eigenvalue weighted by Gasteiger charge is 2.25. The SMILES string of the molecule is Nc1cccc(Cl)c1N1CCN(C(=O)c2ccccc2Br)CC1. The average Bonchev–Trinajstić information content (AvgIpc) is 2.55. The fourth-order valence-corrected chi connectivity index (χ4v) is 3.56. The van der Waals surface area contributed by atoms with E-state index >= 15 is 0 Å². The highest BCUT2D eigenvalue weighted by atomic mass is 79.9. The van der Waals surface area contributed by atoms with Gasteiger partial charge in [0, 0.05) is 30.7 Å². The first-order valence-corrected chi connectivity index (χ1v) is 8.58. The third-order valence-electron chi connectivity index (χ3n) is 4.01. The maximum atomic E-state index is 12.6. The number of rotatable bonds is 2. The average molecular weight is 395 g/mol. The van der Waals surface area contributed by atoms with Gasteiger partial charge in [0.1, 0.15) is 0 Å². The van der Waals surface area contributed by atoms with Crippen molar-refractivity contribution in [1.29, 1.82) is 0 Å². The topological polar surface area (TPSA) is 49.6 Å². The van der Waals surface area contributed by atoms with Crippen LogP contribution < -0.4 is 10.6 Å². The molecule has 1 aliphatic rings. The lowest BCUT2D eigenvalue weighted by Crippen LogP contribution is -2.49. The van der Waals surface area contributed by atoms with Crippen LogP contribution in [0.3, 0.4) is 0 Å². The molecule has 23 heavy (non-hydrogen) atoms. The van der Waals surface area contributed by atoms with Crippen LogP contribution in [0.2, 0.25) is 5.02 Å². The zero-order valence-corrected chi connectivity index (χ0v) is 14.8. The smallest absolute Gasteiger partial charge is 0.255 e. The number of anilines is 2. The molecule has 3 rings (SSSR count). The van der Waals surface area contributed by atoms with Gasteiger partial charge in [0.25, 0.3) is 5.91 Å². The van der Waals surface area contributed by atoms with Crippen LogP contribution >= 0.6 is 27.5 Å². The van der Waals surface area contributed by atoms with Gasteiger partial charge in [-0.1, -0.05) is 29.8 Å². The summed E-state index contributed by atoms with van der Waals surface area (Å²) in [7, 11) is 0. The number of carbonyl (C=O) groups is 1. The molecule has 120 valence electrons. The van der Waals surface area contributed by atoms with Crippen molar-refractivity contribution in [2.45, 2.75) is 0 Å². The molecule has 0 aromatic heterocycles. The Hall–Kier alpha value is -1.72. The Labute approximate surface area is 148 Å². The number of nitrogen functional groups attached to an aromatic ring is 1. The molecule has 0 radical (unpaired) electrons.